The van der Waals surface area contributed by atoms with Crippen LogP contribution in [0, 0.1) is 0 Å². The number of nitrogens with one attached hydrogen (secondary N) is 1. The second-order valence-electron chi connectivity index (χ2n) is 8.78. The molecule has 1 aromatic carbocycles. The number of rotatable bonds is 4. The maximum absolute atomic E-state index is 13.2. The largest absolute Gasteiger partial charge is 0.508 e. The molecule has 8 heteroatoms. The molecule has 0 radical (unpaired) electrons. The molecule has 1 fully saturated rings. The molecule has 1 saturated heterocycles. The van der Waals surface area contributed by atoms with Gasteiger partial charge in [0.1, 0.15) is 5.75 Å². The van der Waals surface area contributed by atoms with Crippen molar-refractivity contribution in [2.24, 2.45) is 0 Å². The minimum atomic E-state index is -0.0667. The van der Waals surface area contributed by atoms with Crippen LogP contribution >= 0.6 is 0 Å². The smallest absolute Gasteiger partial charge is 0.276 e. The summed E-state index contributed by atoms with van der Waals surface area (Å²) < 4.78 is 1.55. The Morgan fingerprint density at radius 3 is 2.91 bits per heavy atom. The zero-order chi connectivity index (χ0) is 22.2. The molecule has 2 aliphatic rings. The first-order valence-corrected chi connectivity index (χ1v) is 11.5. The van der Waals surface area contributed by atoms with E-state index in [0.29, 0.717) is 55.1 Å². The summed E-state index contributed by atoms with van der Waals surface area (Å²) in [5, 5.41) is 13.5. The highest BCUT2D eigenvalue weighted by Crippen LogP contribution is 2.33. The molecule has 0 saturated carbocycles. The van der Waals surface area contributed by atoms with E-state index in [9.17, 15) is 14.7 Å². The van der Waals surface area contributed by atoms with Crippen molar-refractivity contribution in [2.75, 3.05) is 13.1 Å². The molecule has 168 valence electrons. The van der Waals surface area contributed by atoms with Gasteiger partial charge in [-0.2, -0.15) is 0 Å². The third kappa shape index (κ3) is 3.68. The average Bonchev–Trinajstić information content (AvgIpc) is 3.24. The summed E-state index contributed by atoms with van der Waals surface area (Å²) in [6, 6.07) is 9.54. The molecule has 1 atom stereocenters. The first-order chi connectivity index (χ1) is 15.5. The van der Waals surface area contributed by atoms with Crippen molar-refractivity contribution < 1.29 is 9.90 Å². The van der Waals surface area contributed by atoms with Crippen molar-refractivity contribution in [3.05, 3.63) is 63.2 Å². The number of amides is 1. The lowest BCUT2D eigenvalue weighted by Gasteiger charge is -2.35. The molecule has 0 unspecified atom stereocenters. The van der Waals surface area contributed by atoms with E-state index in [1.54, 1.807) is 15.5 Å². The molecule has 2 aromatic heterocycles. The van der Waals surface area contributed by atoms with E-state index in [1.807, 2.05) is 31.2 Å². The van der Waals surface area contributed by atoms with E-state index in [4.69, 9.17) is 4.98 Å². The lowest BCUT2D eigenvalue weighted by molar-refractivity contribution is -0.131. The van der Waals surface area contributed by atoms with Gasteiger partial charge in [0, 0.05) is 36.7 Å². The summed E-state index contributed by atoms with van der Waals surface area (Å²) in [7, 11) is 0. The molecule has 8 nitrogen and oxygen atoms in total. The number of nitrogens with zero attached hydrogens (tertiary/aromatic N) is 4. The van der Waals surface area contributed by atoms with Gasteiger partial charge >= 0.3 is 0 Å². The number of benzene rings is 1. The first-order valence-electron chi connectivity index (χ1n) is 11.5. The number of hydrogen-bond acceptors (Lipinski definition) is 5. The van der Waals surface area contributed by atoms with Gasteiger partial charge in [-0.15, -0.1) is 0 Å². The number of aromatic amines is 1. The topological polar surface area (TPSA) is 93.9 Å². The van der Waals surface area contributed by atoms with Crippen LogP contribution in [-0.4, -0.2) is 48.5 Å². The molecule has 0 spiro atoms. The van der Waals surface area contributed by atoms with E-state index in [1.165, 1.54) is 0 Å². The van der Waals surface area contributed by atoms with E-state index in [-0.39, 0.29) is 17.5 Å². The molecular formula is C24H29N5O3. The number of phenolic OH excluding ortho intramolecular Hbond substituents is 1. The zero-order valence-electron chi connectivity index (χ0n) is 18.4. The van der Waals surface area contributed by atoms with E-state index in [0.717, 1.165) is 37.1 Å². The van der Waals surface area contributed by atoms with Crippen molar-refractivity contribution >= 4 is 11.6 Å². The monoisotopic (exact) mass is 435 g/mol. The highest BCUT2D eigenvalue weighted by atomic mass is 16.3. The minimum Gasteiger partial charge on any atom is -0.508 e. The number of aromatic nitrogens is 3. The Labute approximate surface area is 186 Å². The standard InChI is InChI=1S/C24H29N5O3/c1-2-23(31)28-12-10-17-19(15-28)25-22-13-18(26-29(22)24(17)32)20-8-5-6-11-27(20)14-16-7-3-4-9-21(16)30/h3-4,7,9,13,20,26,30H,2,5-6,8,10-12,14-15H2,1H3/t20-/m0/s1. The lowest BCUT2D eigenvalue weighted by atomic mass is 9.98. The van der Waals surface area contributed by atoms with Gasteiger partial charge in [0.15, 0.2) is 5.65 Å². The second kappa shape index (κ2) is 8.43. The van der Waals surface area contributed by atoms with Crippen LogP contribution < -0.4 is 5.56 Å². The first kappa shape index (κ1) is 20.8. The van der Waals surface area contributed by atoms with Crippen molar-refractivity contribution in [1.29, 1.82) is 0 Å². The van der Waals surface area contributed by atoms with E-state index < -0.39 is 0 Å². The van der Waals surface area contributed by atoms with Gasteiger partial charge in [-0.3, -0.25) is 19.6 Å². The Bertz CT molecular complexity index is 1210. The van der Waals surface area contributed by atoms with Crippen LogP contribution in [0.25, 0.3) is 5.65 Å². The van der Waals surface area contributed by atoms with E-state index >= 15 is 0 Å². The average molecular weight is 436 g/mol. The Morgan fingerprint density at radius 1 is 1.25 bits per heavy atom. The zero-order valence-corrected chi connectivity index (χ0v) is 18.4. The Morgan fingerprint density at radius 2 is 2.09 bits per heavy atom. The maximum Gasteiger partial charge on any atom is 0.276 e. The fraction of sp³-hybridized carbons (Fsp3) is 0.458. The van der Waals surface area contributed by atoms with Gasteiger partial charge in [0.2, 0.25) is 5.91 Å². The van der Waals surface area contributed by atoms with Gasteiger partial charge in [0.05, 0.1) is 24.0 Å². The molecule has 2 aliphatic heterocycles. The normalized spacial score (nSPS) is 19.3. The van der Waals surface area contributed by atoms with Crippen LogP contribution in [0.3, 0.4) is 0 Å². The number of hydrogen-bond donors (Lipinski definition) is 2. The highest BCUT2D eigenvalue weighted by Gasteiger charge is 2.28. The number of piperidine rings is 1. The van der Waals surface area contributed by atoms with Crippen LogP contribution in [0.2, 0.25) is 0 Å². The predicted octanol–water partition coefficient (Wildman–Crippen LogP) is 2.75. The molecule has 4 heterocycles. The van der Waals surface area contributed by atoms with Crippen LogP contribution in [0.5, 0.6) is 5.75 Å². The van der Waals surface area contributed by atoms with Crippen LogP contribution in [0.4, 0.5) is 0 Å². The predicted molar refractivity (Wildman–Crippen MR) is 120 cm³/mol. The van der Waals surface area contributed by atoms with Crippen molar-refractivity contribution in [3.8, 4) is 5.75 Å². The lowest BCUT2D eigenvalue weighted by Crippen LogP contribution is -2.39. The third-order valence-electron chi connectivity index (χ3n) is 6.78. The van der Waals surface area contributed by atoms with Gasteiger partial charge in [-0.1, -0.05) is 31.5 Å². The molecule has 2 N–H and O–H groups in total. The molecular weight excluding hydrogens is 406 g/mol. The number of para-hydroxylation sites is 1. The number of carbonyl (C=O) groups excluding carboxylic acids is 1. The number of carbonyl (C=O) groups is 1. The fourth-order valence-electron chi connectivity index (χ4n) is 5.02. The van der Waals surface area contributed by atoms with Crippen molar-refractivity contribution in [3.63, 3.8) is 0 Å². The summed E-state index contributed by atoms with van der Waals surface area (Å²) >= 11 is 0. The SMILES string of the molecule is CCC(=O)N1CCc2c(nc3cc([C@@H]4CCCCN4Cc4ccccc4O)[nH]n3c2=O)C1. The van der Waals surface area contributed by atoms with E-state index in [2.05, 4.69) is 10.00 Å². The minimum absolute atomic E-state index is 0.0667. The number of phenols is 1. The summed E-state index contributed by atoms with van der Waals surface area (Å²) in [6.07, 6.45) is 4.20. The fourth-order valence-corrected chi connectivity index (χ4v) is 5.02. The molecule has 32 heavy (non-hydrogen) atoms. The summed E-state index contributed by atoms with van der Waals surface area (Å²) in [4.78, 5) is 34.2. The van der Waals surface area contributed by atoms with Gasteiger partial charge in [0.25, 0.3) is 5.56 Å². The van der Waals surface area contributed by atoms with Crippen LogP contribution in [0.15, 0.2) is 35.1 Å². The van der Waals surface area contributed by atoms with Crippen molar-refractivity contribution in [2.45, 2.75) is 58.2 Å². The van der Waals surface area contributed by atoms with Crippen LogP contribution in [-0.2, 0) is 24.3 Å². The Hall–Kier alpha value is -3.13. The van der Waals surface area contributed by atoms with Crippen molar-refractivity contribution in [1.82, 2.24) is 24.4 Å². The van der Waals surface area contributed by atoms with Gasteiger partial charge in [-0.25, -0.2) is 9.50 Å². The third-order valence-corrected chi connectivity index (χ3v) is 6.78. The number of H-pyrrole nitrogens is 1. The summed E-state index contributed by atoms with van der Waals surface area (Å²) in [5.74, 6) is 0.402. The number of aromatic hydroxyl groups is 1. The summed E-state index contributed by atoms with van der Waals surface area (Å²) in [6.45, 7) is 4.40. The highest BCUT2D eigenvalue weighted by molar-refractivity contribution is 5.76. The Balaban J connectivity index is 1.47. The molecule has 3 aromatic rings. The number of likely N-dealkylation sites (tertiary alicyclic amines) is 1. The van der Waals surface area contributed by atoms with Crippen LogP contribution in [0.1, 0.15) is 61.2 Å². The number of fused-ring (bicyclic) bond motifs is 2. The maximum atomic E-state index is 13.2. The second-order valence-corrected chi connectivity index (χ2v) is 8.78. The van der Waals surface area contributed by atoms with Gasteiger partial charge < -0.3 is 10.0 Å². The Kier molecular flexibility index (Phi) is 5.46. The summed E-state index contributed by atoms with van der Waals surface area (Å²) in [5.41, 5.74) is 3.81. The quantitative estimate of drug-likeness (QED) is 0.657. The molecule has 5 rings (SSSR count). The molecule has 0 bridgehead atoms. The van der Waals surface area contributed by atoms with Gasteiger partial charge in [-0.05, 0) is 31.9 Å². The molecule has 1 amide bonds. The molecule has 0 aliphatic carbocycles.